The molecule has 2 rings (SSSR count). The summed E-state index contributed by atoms with van der Waals surface area (Å²) < 4.78 is 5.46. The molecule has 1 saturated heterocycles. The molecule has 0 aromatic rings. The summed E-state index contributed by atoms with van der Waals surface area (Å²) in [4.78, 5) is 1.93. The van der Waals surface area contributed by atoms with Crippen LogP contribution in [0.2, 0.25) is 0 Å². The first-order chi connectivity index (χ1) is 6.31. The normalized spacial score (nSPS) is 33.2. The van der Waals surface area contributed by atoms with Crippen LogP contribution < -0.4 is 0 Å². The number of rotatable bonds is 0. The highest BCUT2D eigenvalue weighted by atomic mass is 16.5. The van der Waals surface area contributed by atoms with E-state index in [-0.39, 0.29) is 6.23 Å². The smallest absolute Gasteiger partial charge is 0.133 e. The van der Waals surface area contributed by atoms with Crippen molar-refractivity contribution in [3.8, 4) is 6.07 Å². The summed E-state index contributed by atoms with van der Waals surface area (Å²) in [6, 6.07) is 2.08. The van der Waals surface area contributed by atoms with Crippen molar-refractivity contribution < 1.29 is 9.84 Å². The van der Waals surface area contributed by atoms with E-state index >= 15 is 0 Å². The number of hydrogen-bond acceptors (Lipinski definition) is 4. The van der Waals surface area contributed by atoms with Gasteiger partial charge in [0, 0.05) is 13.0 Å². The second-order valence-corrected chi connectivity index (χ2v) is 3.34. The van der Waals surface area contributed by atoms with Crippen molar-refractivity contribution in [3.05, 3.63) is 11.8 Å². The van der Waals surface area contributed by atoms with E-state index in [0.717, 1.165) is 19.6 Å². The Hall–Kier alpha value is -1.05. The molecular formula is C9H12N2O2. The molecule has 0 aromatic carbocycles. The first kappa shape index (κ1) is 8.54. The van der Waals surface area contributed by atoms with E-state index in [0.29, 0.717) is 12.1 Å². The first-order valence-corrected chi connectivity index (χ1v) is 4.49. The van der Waals surface area contributed by atoms with Gasteiger partial charge in [0.1, 0.15) is 18.0 Å². The van der Waals surface area contributed by atoms with Crippen LogP contribution in [0.5, 0.6) is 0 Å². The molecule has 2 aliphatic rings. The molecule has 0 aliphatic carbocycles. The molecule has 2 unspecified atom stereocenters. The topological polar surface area (TPSA) is 56.5 Å². The van der Waals surface area contributed by atoms with Gasteiger partial charge < -0.3 is 14.7 Å². The quantitative estimate of drug-likeness (QED) is 0.579. The maximum Gasteiger partial charge on any atom is 0.133 e. The van der Waals surface area contributed by atoms with Gasteiger partial charge in [0.15, 0.2) is 0 Å². The lowest BCUT2D eigenvalue weighted by Gasteiger charge is -2.40. The molecule has 2 atom stereocenters. The summed E-state index contributed by atoms with van der Waals surface area (Å²) in [5, 5.41) is 18.2. The Morgan fingerprint density at radius 3 is 3.31 bits per heavy atom. The Kier molecular flexibility index (Phi) is 2.21. The fourth-order valence-corrected chi connectivity index (χ4v) is 1.81. The average Bonchev–Trinajstić information content (AvgIpc) is 2.16. The summed E-state index contributed by atoms with van der Waals surface area (Å²) in [5.41, 5.74) is 0.545. The third kappa shape index (κ3) is 1.53. The summed E-state index contributed by atoms with van der Waals surface area (Å²) in [6.07, 6.45) is 2.50. The average molecular weight is 180 g/mol. The van der Waals surface area contributed by atoms with Crippen LogP contribution in [-0.4, -0.2) is 35.5 Å². The van der Waals surface area contributed by atoms with Gasteiger partial charge in [0.2, 0.25) is 0 Å². The number of hydrogen-bond donors (Lipinski definition) is 1. The van der Waals surface area contributed by atoms with Crippen LogP contribution in [-0.2, 0) is 4.74 Å². The second kappa shape index (κ2) is 3.36. The van der Waals surface area contributed by atoms with Crippen LogP contribution in [0, 0.1) is 11.3 Å². The molecule has 1 fully saturated rings. The van der Waals surface area contributed by atoms with Gasteiger partial charge in [-0.3, -0.25) is 0 Å². The highest BCUT2D eigenvalue weighted by molar-refractivity contribution is 5.24. The van der Waals surface area contributed by atoms with Gasteiger partial charge in [-0.15, -0.1) is 0 Å². The van der Waals surface area contributed by atoms with Crippen LogP contribution in [0.25, 0.3) is 0 Å². The van der Waals surface area contributed by atoms with Crippen molar-refractivity contribution >= 4 is 0 Å². The highest BCUT2D eigenvalue weighted by Crippen LogP contribution is 2.25. The molecule has 4 nitrogen and oxygen atoms in total. The van der Waals surface area contributed by atoms with E-state index in [9.17, 15) is 5.11 Å². The van der Waals surface area contributed by atoms with E-state index in [1.165, 1.54) is 0 Å². The van der Waals surface area contributed by atoms with Gasteiger partial charge in [0.25, 0.3) is 0 Å². The van der Waals surface area contributed by atoms with Gasteiger partial charge in [-0.05, 0) is 12.5 Å². The van der Waals surface area contributed by atoms with Crippen molar-refractivity contribution in [3.63, 3.8) is 0 Å². The predicted octanol–water partition coefficient (Wildman–Crippen LogP) is 0.207. The van der Waals surface area contributed by atoms with Gasteiger partial charge in [-0.1, -0.05) is 0 Å². The monoisotopic (exact) mass is 180 g/mol. The van der Waals surface area contributed by atoms with Crippen molar-refractivity contribution in [2.75, 3.05) is 13.2 Å². The molecule has 2 heterocycles. The predicted molar refractivity (Wildman–Crippen MR) is 45.4 cm³/mol. The SMILES string of the molecule is N#CC1=CC(O)CC2OCCCN12. The van der Waals surface area contributed by atoms with Crippen LogP contribution in [0.1, 0.15) is 12.8 Å². The lowest BCUT2D eigenvalue weighted by molar-refractivity contribution is -0.0996. The molecule has 2 aliphatic heterocycles. The standard InChI is InChI=1S/C9H12N2O2/c10-6-7-4-8(12)5-9-11(7)2-1-3-13-9/h4,8-9,12H,1-3,5H2. The molecule has 13 heavy (non-hydrogen) atoms. The molecule has 0 radical (unpaired) electrons. The lowest BCUT2D eigenvalue weighted by atomic mass is 10.1. The second-order valence-electron chi connectivity index (χ2n) is 3.34. The Morgan fingerprint density at radius 1 is 1.69 bits per heavy atom. The Bertz CT molecular complexity index is 269. The van der Waals surface area contributed by atoms with Crippen LogP contribution in [0.15, 0.2) is 11.8 Å². The van der Waals surface area contributed by atoms with Gasteiger partial charge in [-0.25, -0.2) is 0 Å². The number of allylic oxidation sites excluding steroid dienone is 1. The summed E-state index contributed by atoms with van der Waals surface area (Å²) in [7, 11) is 0. The zero-order chi connectivity index (χ0) is 9.26. The fraction of sp³-hybridized carbons (Fsp3) is 0.667. The van der Waals surface area contributed by atoms with Crippen LogP contribution in [0.4, 0.5) is 0 Å². The molecule has 0 amide bonds. The molecule has 1 N–H and O–H groups in total. The number of nitriles is 1. The third-order valence-corrected chi connectivity index (χ3v) is 2.42. The molecular weight excluding hydrogens is 168 g/mol. The minimum absolute atomic E-state index is 0.0941. The maximum atomic E-state index is 9.42. The zero-order valence-electron chi connectivity index (χ0n) is 7.31. The van der Waals surface area contributed by atoms with E-state index in [2.05, 4.69) is 6.07 Å². The Morgan fingerprint density at radius 2 is 2.54 bits per heavy atom. The number of aliphatic hydroxyl groups excluding tert-OH is 1. The largest absolute Gasteiger partial charge is 0.389 e. The molecule has 0 spiro atoms. The maximum absolute atomic E-state index is 9.42. The molecule has 4 heteroatoms. The Balaban J connectivity index is 2.21. The van der Waals surface area contributed by atoms with E-state index in [1.54, 1.807) is 6.08 Å². The van der Waals surface area contributed by atoms with Crippen LogP contribution >= 0.6 is 0 Å². The number of nitrogens with zero attached hydrogens (tertiary/aromatic N) is 2. The molecule has 0 aromatic heterocycles. The number of ether oxygens (including phenoxy) is 1. The minimum atomic E-state index is -0.533. The van der Waals surface area contributed by atoms with E-state index in [1.807, 2.05) is 4.90 Å². The lowest BCUT2D eigenvalue weighted by Crippen LogP contribution is -2.46. The fourth-order valence-electron chi connectivity index (χ4n) is 1.81. The van der Waals surface area contributed by atoms with Crippen molar-refractivity contribution in [1.29, 1.82) is 5.26 Å². The molecule has 0 saturated carbocycles. The zero-order valence-corrected chi connectivity index (χ0v) is 7.31. The van der Waals surface area contributed by atoms with Crippen molar-refractivity contribution in [2.24, 2.45) is 0 Å². The van der Waals surface area contributed by atoms with Gasteiger partial charge in [-0.2, -0.15) is 5.26 Å². The third-order valence-electron chi connectivity index (χ3n) is 2.42. The number of aliphatic hydroxyl groups is 1. The van der Waals surface area contributed by atoms with Gasteiger partial charge >= 0.3 is 0 Å². The molecule has 70 valence electrons. The summed E-state index contributed by atoms with van der Waals surface area (Å²) in [5.74, 6) is 0. The summed E-state index contributed by atoms with van der Waals surface area (Å²) >= 11 is 0. The Labute approximate surface area is 77.0 Å². The van der Waals surface area contributed by atoms with E-state index < -0.39 is 6.10 Å². The van der Waals surface area contributed by atoms with Crippen molar-refractivity contribution in [1.82, 2.24) is 4.90 Å². The molecule has 0 bridgehead atoms. The minimum Gasteiger partial charge on any atom is -0.389 e. The van der Waals surface area contributed by atoms with Gasteiger partial charge in [0.05, 0.1) is 12.7 Å². The first-order valence-electron chi connectivity index (χ1n) is 4.49. The summed E-state index contributed by atoms with van der Waals surface area (Å²) in [6.45, 7) is 1.59. The van der Waals surface area contributed by atoms with Crippen LogP contribution in [0.3, 0.4) is 0 Å². The number of fused-ring (bicyclic) bond motifs is 1. The highest BCUT2D eigenvalue weighted by Gasteiger charge is 2.30. The van der Waals surface area contributed by atoms with E-state index in [4.69, 9.17) is 10.00 Å². The van der Waals surface area contributed by atoms with Crippen molar-refractivity contribution in [2.45, 2.75) is 25.2 Å².